The van der Waals surface area contributed by atoms with Crippen molar-refractivity contribution in [2.24, 2.45) is 35.5 Å². The standard InChI is InChI=1S/C58H100N8/c1-5-13-53-41(9-1)17-18-42-10-2-6-14-54(42)65(53)47-29-31-57-49(33-47)60-37-63(57)45-25-21-39(22-26-45)51-35-59-36-52(62-51)40-23-27-46(28-24-40)64-38-61-50-34-48(30-32-58(50)64)66-55-15-7-3-11-43(55)19-20-44-12-4-8-16-56(44)66/h39-62H,1-38H2. The van der Waals surface area contributed by atoms with E-state index >= 15 is 0 Å². The normalized spacial score (nSPS) is 51.3. The molecule has 0 spiro atoms. The van der Waals surface area contributed by atoms with E-state index < -0.39 is 0 Å². The summed E-state index contributed by atoms with van der Waals surface area (Å²) in [6.45, 7) is 4.73. The molecule has 0 aromatic rings. The maximum absolute atomic E-state index is 4.39. The zero-order valence-corrected chi connectivity index (χ0v) is 42.2. The quantitative estimate of drug-likeness (QED) is 0.211. The van der Waals surface area contributed by atoms with Gasteiger partial charge in [0.25, 0.3) is 0 Å². The molecule has 8 nitrogen and oxygen atoms in total. The number of likely N-dealkylation sites (tertiary alicyclic amines) is 2. The third kappa shape index (κ3) is 8.90. The van der Waals surface area contributed by atoms with E-state index in [1.54, 1.807) is 25.7 Å². The van der Waals surface area contributed by atoms with Gasteiger partial charge in [0, 0.05) is 111 Å². The first-order chi connectivity index (χ1) is 32.7. The van der Waals surface area contributed by atoms with Crippen LogP contribution in [0.5, 0.6) is 0 Å². The van der Waals surface area contributed by atoms with Crippen LogP contribution in [0.3, 0.4) is 0 Å². The van der Waals surface area contributed by atoms with Crippen LogP contribution in [0.4, 0.5) is 0 Å². The molecule has 5 aliphatic heterocycles. The molecule has 8 saturated carbocycles. The second-order valence-electron chi connectivity index (χ2n) is 26.7. The highest BCUT2D eigenvalue weighted by atomic mass is 15.4. The van der Waals surface area contributed by atoms with E-state index in [1.165, 1.54) is 219 Å². The summed E-state index contributed by atoms with van der Waals surface area (Å²) in [6, 6.07) is 11.4. The molecular formula is C58H100N8. The van der Waals surface area contributed by atoms with Crippen LogP contribution in [0.25, 0.3) is 0 Å². The summed E-state index contributed by atoms with van der Waals surface area (Å²) >= 11 is 0. The molecule has 0 aromatic carbocycles. The Labute approximate surface area is 404 Å². The lowest BCUT2D eigenvalue weighted by atomic mass is 9.76. The van der Waals surface area contributed by atoms with Gasteiger partial charge in [0.15, 0.2) is 0 Å². The minimum Gasteiger partial charge on any atom is -0.314 e. The number of fused-ring (bicyclic) bond motifs is 6. The molecule has 13 fully saturated rings. The minimum absolute atomic E-state index is 0.680. The fourth-order valence-electron chi connectivity index (χ4n) is 20.7. The lowest BCUT2D eigenvalue weighted by molar-refractivity contribution is -0.0189. The Morgan fingerprint density at radius 2 is 0.606 bits per heavy atom. The van der Waals surface area contributed by atoms with E-state index in [0.717, 1.165) is 108 Å². The average Bonchev–Trinajstić information content (AvgIpc) is 3.91. The van der Waals surface area contributed by atoms with Gasteiger partial charge in [0.1, 0.15) is 0 Å². The maximum atomic E-state index is 4.39. The molecule has 5 heterocycles. The van der Waals surface area contributed by atoms with Crippen LogP contribution in [0, 0.1) is 35.5 Å². The summed E-state index contributed by atoms with van der Waals surface area (Å²) in [4.78, 5) is 12.6. The van der Waals surface area contributed by atoms with Crippen LogP contribution in [0.1, 0.15) is 218 Å². The summed E-state index contributed by atoms with van der Waals surface area (Å²) in [6.07, 6.45) is 50.5. The molecule has 13 aliphatic rings. The van der Waals surface area contributed by atoms with E-state index in [2.05, 4.69) is 40.9 Å². The Morgan fingerprint density at radius 1 is 0.273 bits per heavy atom. The van der Waals surface area contributed by atoms with E-state index in [9.17, 15) is 0 Å². The number of nitrogens with one attached hydrogen (secondary N) is 4. The van der Waals surface area contributed by atoms with Crippen molar-refractivity contribution in [2.75, 3.05) is 26.4 Å². The molecule has 13 rings (SSSR count). The van der Waals surface area contributed by atoms with Gasteiger partial charge in [-0.05, 0) is 202 Å². The first-order valence-electron chi connectivity index (χ1n) is 30.7. The second-order valence-corrected chi connectivity index (χ2v) is 26.7. The third-order valence-corrected chi connectivity index (χ3v) is 23.9. The van der Waals surface area contributed by atoms with Crippen LogP contribution in [0.2, 0.25) is 0 Å². The van der Waals surface area contributed by atoms with Crippen molar-refractivity contribution >= 4 is 0 Å². The smallest absolute Gasteiger partial charge is 0.0489 e. The number of piperazine rings is 1. The first kappa shape index (κ1) is 45.5. The number of nitrogens with zero attached hydrogens (tertiary/aromatic N) is 4. The molecule has 0 aromatic heterocycles. The Kier molecular flexibility index (Phi) is 14.0. The average molecular weight is 909 g/mol. The molecular weight excluding hydrogens is 809 g/mol. The fourth-order valence-corrected chi connectivity index (χ4v) is 20.7. The monoisotopic (exact) mass is 909 g/mol. The van der Waals surface area contributed by atoms with E-state index in [-0.39, 0.29) is 0 Å². The highest BCUT2D eigenvalue weighted by molar-refractivity contribution is 5.08. The maximum Gasteiger partial charge on any atom is 0.0489 e. The van der Waals surface area contributed by atoms with Crippen molar-refractivity contribution in [3.63, 3.8) is 0 Å². The molecule has 372 valence electrons. The zero-order valence-electron chi connectivity index (χ0n) is 42.2. The van der Waals surface area contributed by atoms with Gasteiger partial charge in [-0.1, -0.05) is 51.4 Å². The third-order valence-electron chi connectivity index (χ3n) is 23.9. The number of hydrogen-bond donors (Lipinski definition) is 4. The van der Waals surface area contributed by atoms with Gasteiger partial charge in [0.05, 0.1) is 0 Å². The number of hydrogen-bond acceptors (Lipinski definition) is 8. The van der Waals surface area contributed by atoms with Crippen molar-refractivity contribution in [1.29, 1.82) is 0 Å². The molecule has 16 unspecified atom stereocenters. The van der Waals surface area contributed by atoms with Gasteiger partial charge in [-0.2, -0.15) is 0 Å². The second kappa shape index (κ2) is 20.3. The Bertz CT molecular complexity index is 1420. The SMILES string of the molecule is C1CCC2C(C1)CCC1CCCCC1N2C1CCC2C(C1)NCN2C1CCC(C2CNCC(C3CCC(N4CNC5CC(N6C7CCCCC7CCC7CCCCC76)CCC54)CC3)N2)CC1. The van der Waals surface area contributed by atoms with Crippen molar-refractivity contribution in [1.82, 2.24) is 40.9 Å². The predicted molar refractivity (Wildman–Crippen MR) is 270 cm³/mol. The largest absolute Gasteiger partial charge is 0.314 e. The van der Waals surface area contributed by atoms with Gasteiger partial charge < -0.3 is 10.6 Å². The summed E-state index contributed by atoms with van der Waals surface area (Å²) < 4.78 is 0. The van der Waals surface area contributed by atoms with Crippen molar-refractivity contribution in [2.45, 2.75) is 303 Å². The van der Waals surface area contributed by atoms with Gasteiger partial charge in [-0.25, -0.2) is 0 Å². The summed E-state index contributed by atoms with van der Waals surface area (Å²) in [5, 5.41) is 16.8. The molecule has 0 amide bonds. The van der Waals surface area contributed by atoms with Gasteiger partial charge >= 0.3 is 0 Å². The molecule has 0 bridgehead atoms. The molecule has 66 heavy (non-hydrogen) atoms. The summed E-state index contributed by atoms with van der Waals surface area (Å²) in [5.74, 6) is 5.72. The Hall–Kier alpha value is -0.320. The lowest BCUT2D eigenvalue weighted by Gasteiger charge is -2.52. The molecule has 8 heteroatoms. The van der Waals surface area contributed by atoms with E-state index in [4.69, 9.17) is 0 Å². The molecule has 0 radical (unpaired) electrons. The van der Waals surface area contributed by atoms with E-state index in [1.807, 2.05) is 0 Å². The van der Waals surface area contributed by atoms with Gasteiger partial charge in [0.2, 0.25) is 0 Å². The van der Waals surface area contributed by atoms with Crippen molar-refractivity contribution in [3.05, 3.63) is 0 Å². The predicted octanol–water partition coefficient (Wildman–Crippen LogP) is 9.77. The highest BCUT2D eigenvalue weighted by Crippen LogP contribution is 2.49. The van der Waals surface area contributed by atoms with Crippen LogP contribution in [0.15, 0.2) is 0 Å². The van der Waals surface area contributed by atoms with Crippen molar-refractivity contribution < 1.29 is 0 Å². The van der Waals surface area contributed by atoms with Crippen LogP contribution >= 0.6 is 0 Å². The highest BCUT2D eigenvalue weighted by Gasteiger charge is 2.51. The van der Waals surface area contributed by atoms with Gasteiger partial charge in [-0.3, -0.25) is 30.2 Å². The topological polar surface area (TPSA) is 61.1 Å². The molecule has 5 saturated heterocycles. The van der Waals surface area contributed by atoms with Crippen LogP contribution in [-0.4, -0.2) is 131 Å². The molecule has 16 atom stereocenters. The van der Waals surface area contributed by atoms with Crippen molar-refractivity contribution in [3.8, 4) is 0 Å². The number of rotatable bonds is 6. The zero-order chi connectivity index (χ0) is 43.6. The molecule has 8 aliphatic carbocycles. The first-order valence-corrected chi connectivity index (χ1v) is 30.7. The molecule has 4 N–H and O–H groups in total. The fraction of sp³-hybridized carbons (Fsp3) is 1.00. The van der Waals surface area contributed by atoms with Crippen LogP contribution in [-0.2, 0) is 0 Å². The Morgan fingerprint density at radius 3 is 0.985 bits per heavy atom. The van der Waals surface area contributed by atoms with E-state index in [0.29, 0.717) is 12.1 Å². The van der Waals surface area contributed by atoms with Crippen LogP contribution < -0.4 is 21.3 Å². The minimum atomic E-state index is 0.680. The summed E-state index contributed by atoms with van der Waals surface area (Å²) in [7, 11) is 0. The summed E-state index contributed by atoms with van der Waals surface area (Å²) in [5.41, 5.74) is 0. The Balaban J connectivity index is 0.573. The van der Waals surface area contributed by atoms with Gasteiger partial charge in [-0.15, -0.1) is 0 Å². The lowest BCUT2D eigenvalue weighted by Crippen LogP contribution is -2.61.